The normalized spacial score (nSPS) is 14.2. The van der Waals surface area contributed by atoms with E-state index in [0.29, 0.717) is 18.1 Å². The van der Waals surface area contributed by atoms with Crippen molar-refractivity contribution in [3.63, 3.8) is 0 Å². The van der Waals surface area contributed by atoms with Gasteiger partial charge in [-0.3, -0.25) is 15.0 Å². The molecule has 4 rings (SSSR count). The van der Waals surface area contributed by atoms with Gasteiger partial charge < -0.3 is 9.64 Å². The third-order valence-corrected chi connectivity index (χ3v) is 5.14. The molecular formula is C24H24FN5O3. The predicted octanol–water partition coefficient (Wildman–Crippen LogP) is 4.05. The number of nitrogens with one attached hydrogen (secondary N) is 1. The fourth-order valence-corrected chi connectivity index (χ4v) is 3.67. The molecule has 1 aliphatic heterocycles. The number of H-pyrrole nitrogens is 1. The number of pyridine rings is 1. The second-order valence-electron chi connectivity index (χ2n) is 8.64. The van der Waals surface area contributed by atoms with Crippen LogP contribution < -0.4 is 4.90 Å². The molecule has 0 saturated carbocycles. The highest BCUT2D eigenvalue weighted by atomic mass is 19.1. The Morgan fingerprint density at radius 1 is 1.09 bits per heavy atom. The monoisotopic (exact) mass is 449 g/mol. The molecule has 0 unspecified atom stereocenters. The van der Waals surface area contributed by atoms with Crippen molar-refractivity contribution in [1.82, 2.24) is 20.1 Å². The number of aromatic amines is 1. The molecule has 0 spiro atoms. The number of hydrogen-bond donors (Lipinski definition) is 1. The first-order valence-electron chi connectivity index (χ1n) is 10.5. The third-order valence-electron chi connectivity index (χ3n) is 5.14. The summed E-state index contributed by atoms with van der Waals surface area (Å²) in [4.78, 5) is 31.6. The number of halogens is 1. The van der Waals surface area contributed by atoms with Gasteiger partial charge in [0.2, 0.25) is 0 Å². The first-order valence-corrected chi connectivity index (χ1v) is 10.5. The Balaban J connectivity index is 1.69. The number of piperazine rings is 1. The molecule has 3 heterocycles. The van der Waals surface area contributed by atoms with Crippen LogP contribution >= 0.6 is 0 Å². The van der Waals surface area contributed by atoms with E-state index in [2.05, 4.69) is 15.2 Å². The zero-order valence-electron chi connectivity index (χ0n) is 18.6. The van der Waals surface area contributed by atoms with E-state index in [1.165, 1.54) is 17.0 Å². The minimum atomic E-state index is -0.678. The summed E-state index contributed by atoms with van der Waals surface area (Å²) in [6.07, 6.45) is 2.78. The highest BCUT2D eigenvalue weighted by Crippen LogP contribution is 2.38. The summed E-state index contributed by atoms with van der Waals surface area (Å²) in [6.45, 7) is 6.12. The van der Waals surface area contributed by atoms with Crippen LogP contribution in [0.25, 0.3) is 22.4 Å². The van der Waals surface area contributed by atoms with E-state index in [9.17, 15) is 14.0 Å². The number of amides is 1. The van der Waals surface area contributed by atoms with Crippen molar-refractivity contribution >= 4 is 17.9 Å². The summed E-state index contributed by atoms with van der Waals surface area (Å²) < 4.78 is 18.9. The van der Waals surface area contributed by atoms with Gasteiger partial charge in [-0.05, 0) is 62.7 Å². The van der Waals surface area contributed by atoms with Crippen molar-refractivity contribution < 1.29 is 18.7 Å². The lowest BCUT2D eigenvalue weighted by atomic mass is 10.0. The second-order valence-corrected chi connectivity index (χ2v) is 8.64. The second kappa shape index (κ2) is 8.88. The molecule has 1 fully saturated rings. The average molecular weight is 449 g/mol. The molecular weight excluding hydrogens is 425 g/mol. The molecule has 0 radical (unpaired) electrons. The summed E-state index contributed by atoms with van der Waals surface area (Å²) >= 11 is 0. The lowest BCUT2D eigenvalue weighted by Crippen LogP contribution is -2.49. The molecule has 9 heteroatoms. The highest BCUT2D eigenvalue weighted by Gasteiger charge is 2.33. The molecule has 1 saturated heterocycles. The number of ether oxygens (including phenoxy) is 1. The maximum Gasteiger partial charge on any atom is 0.415 e. The minimum absolute atomic E-state index is 0.133. The number of carbonyl (C=O) groups excluding carboxylic acids is 2. The number of nitrogens with zero attached hydrogens (tertiary/aromatic N) is 4. The molecule has 8 nitrogen and oxygen atoms in total. The molecule has 1 aromatic carbocycles. The van der Waals surface area contributed by atoms with E-state index in [-0.39, 0.29) is 24.6 Å². The van der Waals surface area contributed by atoms with Crippen molar-refractivity contribution in [1.29, 1.82) is 0 Å². The van der Waals surface area contributed by atoms with Crippen LogP contribution in [-0.4, -0.2) is 57.4 Å². The van der Waals surface area contributed by atoms with Crippen LogP contribution in [0.3, 0.4) is 0 Å². The fourth-order valence-electron chi connectivity index (χ4n) is 3.67. The van der Waals surface area contributed by atoms with E-state index in [1.807, 2.05) is 23.0 Å². The molecule has 170 valence electrons. The molecule has 0 bridgehead atoms. The smallest absolute Gasteiger partial charge is 0.415 e. The number of benzene rings is 1. The maximum atomic E-state index is 13.5. The SMILES string of the molecule is CC(C)(C)OC(=O)N1CCN(c2n[nH]c(-c3ccc(F)cc3)c2-c2ccncc2)CC1=C=O. The molecule has 33 heavy (non-hydrogen) atoms. The first kappa shape index (κ1) is 22.2. The number of hydrogen-bond acceptors (Lipinski definition) is 6. The summed E-state index contributed by atoms with van der Waals surface area (Å²) in [7, 11) is 0. The van der Waals surface area contributed by atoms with Crippen molar-refractivity contribution in [3.05, 3.63) is 60.3 Å². The summed E-state index contributed by atoms with van der Waals surface area (Å²) in [5, 5.41) is 7.58. The van der Waals surface area contributed by atoms with Gasteiger partial charge in [-0.25, -0.2) is 14.0 Å². The quantitative estimate of drug-likeness (QED) is 0.607. The Morgan fingerprint density at radius 2 is 1.79 bits per heavy atom. The topological polar surface area (TPSA) is 91.4 Å². The molecule has 3 aromatic rings. The number of carbonyl (C=O) groups is 1. The van der Waals surface area contributed by atoms with Gasteiger partial charge in [0.1, 0.15) is 23.1 Å². The zero-order chi connectivity index (χ0) is 23.6. The Kier molecular flexibility index (Phi) is 5.98. The highest BCUT2D eigenvalue weighted by molar-refractivity contribution is 5.89. The molecule has 2 aromatic heterocycles. The van der Waals surface area contributed by atoms with Crippen LogP contribution in [0.15, 0.2) is 54.5 Å². The van der Waals surface area contributed by atoms with Gasteiger partial charge in [-0.1, -0.05) is 0 Å². The minimum Gasteiger partial charge on any atom is -0.443 e. The van der Waals surface area contributed by atoms with Crippen LogP contribution in [-0.2, 0) is 9.53 Å². The Labute approximate surface area is 190 Å². The van der Waals surface area contributed by atoms with Crippen LogP contribution in [0.5, 0.6) is 0 Å². The van der Waals surface area contributed by atoms with E-state index in [0.717, 1.165) is 16.7 Å². The Bertz CT molecular complexity index is 1200. The van der Waals surface area contributed by atoms with Gasteiger partial charge >= 0.3 is 6.09 Å². The Hall–Kier alpha value is -3.97. The van der Waals surface area contributed by atoms with Gasteiger partial charge in [0.25, 0.3) is 0 Å². The lowest BCUT2D eigenvalue weighted by molar-refractivity contribution is 0.0305. The largest absolute Gasteiger partial charge is 0.443 e. The predicted molar refractivity (Wildman–Crippen MR) is 122 cm³/mol. The third kappa shape index (κ3) is 4.78. The van der Waals surface area contributed by atoms with E-state index in [4.69, 9.17) is 4.74 Å². The summed E-state index contributed by atoms with van der Waals surface area (Å²) in [5.74, 6) is 2.16. The van der Waals surface area contributed by atoms with Crippen molar-refractivity contribution in [2.45, 2.75) is 26.4 Å². The molecule has 1 aliphatic rings. The van der Waals surface area contributed by atoms with Crippen molar-refractivity contribution in [2.75, 3.05) is 24.5 Å². The summed E-state index contributed by atoms with van der Waals surface area (Å²) in [5.41, 5.74) is 2.62. The van der Waals surface area contributed by atoms with Gasteiger partial charge in [0.15, 0.2) is 5.82 Å². The van der Waals surface area contributed by atoms with Gasteiger partial charge in [-0.15, -0.1) is 0 Å². The van der Waals surface area contributed by atoms with Crippen molar-refractivity contribution in [3.8, 4) is 22.4 Å². The first-order chi connectivity index (χ1) is 15.8. The molecule has 1 N–H and O–H groups in total. The van der Waals surface area contributed by atoms with Crippen LogP contribution in [0, 0.1) is 5.82 Å². The average Bonchev–Trinajstić information content (AvgIpc) is 3.23. The van der Waals surface area contributed by atoms with Gasteiger partial charge in [0, 0.05) is 31.0 Å². The van der Waals surface area contributed by atoms with E-state index >= 15 is 0 Å². The van der Waals surface area contributed by atoms with Crippen molar-refractivity contribution in [2.24, 2.45) is 0 Å². The van der Waals surface area contributed by atoms with E-state index in [1.54, 1.807) is 45.3 Å². The standard InChI is InChI=1S/C24H24FN5O3/c1-24(2,3)33-23(32)30-13-12-29(14-19(30)15-31)22-20(16-8-10-26-11-9-16)21(27-28-22)17-4-6-18(25)7-5-17/h4-11H,12-14H2,1-3H3,(H,27,28). The van der Waals surface area contributed by atoms with E-state index < -0.39 is 11.7 Å². The maximum absolute atomic E-state index is 13.5. The van der Waals surface area contributed by atoms with Crippen LogP contribution in [0.1, 0.15) is 20.8 Å². The van der Waals surface area contributed by atoms with Gasteiger partial charge in [0.05, 0.1) is 17.8 Å². The molecule has 0 aliphatic carbocycles. The lowest BCUT2D eigenvalue weighted by Gasteiger charge is -2.36. The Morgan fingerprint density at radius 3 is 2.42 bits per heavy atom. The van der Waals surface area contributed by atoms with Crippen LogP contribution in [0.2, 0.25) is 0 Å². The van der Waals surface area contributed by atoms with Gasteiger partial charge in [-0.2, -0.15) is 5.10 Å². The zero-order valence-corrected chi connectivity index (χ0v) is 18.6. The number of rotatable bonds is 3. The molecule has 0 atom stereocenters. The fraction of sp³-hybridized carbons (Fsp3) is 0.292. The molecule has 1 amide bonds. The number of aromatic nitrogens is 3. The number of anilines is 1. The van der Waals surface area contributed by atoms with Crippen LogP contribution in [0.4, 0.5) is 15.0 Å². The summed E-state index contributed by atoms with van der Waals surface area (Å²) in [6, 6.07) is 9.84.